The van der Waals surface area contributed by atoms with Gasteiger partial charge in [0.05, 0.1) is 0 Å². The summed E-state index contributed by atoms with van der Waals surface area (Å²) in [5, 5.41) is 9.31. The topological polar surface area (TPSA) is 29.5 Å². The van der Waals surface area contributed by atoms with Crippen LogP contribution >= 0.6 is 0 Å². The Hall–Kier alpha value is -1.09. The van der Waals surface area contributed by atoms with Crippen molar-refractivity contribution in [1.29, 1.82) is 0 Å². The summed E-state index contributed by atoms with van der Waals surface area (Å²) in [6.45, 7) is 1.25. The highest BCUT2D eigenvalue weighted by molar-refractivity contribution is 5.41. The molecule has 0 amide bonds. The van der Waals surface area contributed by atoms with E-state index >= 15 is 0 Å². The molecule has 76 valence electrons. The molecule has 3 heteroatoms. The van der Waals surface area contributed by atoms with Crippen LogP contribution in [-0.2, 0) is 6.42 Å². The van der Waals surface area contributed by atoms with E-state index in [0.29, 0.717) is 5.56 Å². The Morgan fingerprint density at radius 3 is 3.14 bits per heavy atom. The second kappa shape index (κ2) is 3.58. The van der Waals surface area contributed by atoms with Gasteiger partial charge in [-0.3, -0.25) is 0 Å². The van der Waals surface area contributed by atoms with Gasteiger partial charge in [0.25, 0.3) is 0 Å². The molecule has 1 heterocycles. The third-order valence-electron chi connectivity index (χ3n) is 2.45. The minimum absolute atomic E-state index is 0.183. The molecule has 1 N–H and O–H groups in total. The van der Waals surface area contributed by atoms with Gasteiger partial charge in [-0.25, -0.2) is 4.39 Å². The second-order valence-corrected chi connectivity index (χ2v) is 3.67. The molecule has 0 aliphatic carbocycles. The molecule has 0 saturated heterocycles. The van der Waals surface area contributed by atoms with Crippen molar-refractivity contribution >= 4 is 0 Å². The van der Waals surface area contributed by atoms with E-state index in [9.17, 15) is 9.50 Å². The average Bonchev–Trinajstić information content (AvgIpc) is 2.55. The Labute approximate surface area is 82.3 Å². The monoisotopic (exact) mass is 196 g/mol. The van der Waals surface area contributed by atoms with Crippen LogP contribution < -0.4 is 4.74 Å². The first-order chi connectivity index (χ1) is 6.70. The van der Waals surface area contributed by atoms with Crippen molar-refractivity contribution in [2.45, 2.75) is 25.6 Å². The minimum Gasteiger partial charge on any atom is -0.490 e. The fourth-order valence-corrected chi connectivity index (χ4v) is 1.74. The molecule has 0 saturated carbocycles. The highest BCUT2D eigenvalue weighted by Gasteiger charge is 2.20. The molecule has 2 unspecified atom stereocenters. The molecule has 1 aromatic rings. The average molecular weight is 196 g/mol. The first-order valence-corrected chi connectivity index (χ1v) is 4.74. The number of hydrogen-bond donors (Lipinski definition) is 1. The molecule has 2 rings (SSSR count). The Morgan fingerprint density at radius 1 is 1.64 bits per heavy atom. The number of alkyl halides is 1. The van der Waals surface area contributed by atoms with Crippen molar-refractivity contribution in [2.75, 3.05) is 6.67 Å². The number of fused-ring (bicyclic) bond motifs is 1. The molecule has 1 aliphatic rings. The highest BCUT2D eigenvalue weighted by atomic mass is 19.1. The van der Waals surface area contributed by atoms with Crippen LogP contribution in [0.4, 0.5) is 4.39 Å². The normalized spacial score (nSPS) is 21.5. The molecule has 0 radical (unpaired) electrons. The van der Waals surface area contributed by atoms with Crippen molar-refractivity contribution in [3.05, 3.63) is 29.3 Å². The summed E-state index contributed by atoms with van der Waals surface area (Å²) in [5.74, 6) is 0.854. The predicted octanol–water partition coefficient (Wildman–Crippen LogP) is 2.01. The molecule has 2 atom stereocenters. The van der Waals surface area contributed by atoms with Crippen LogP contribution in [0.25, 0.3) is 0 Å². The van der Waals surface area contributed by atoms with Gasteiger partial charge in [-0.15, -0.1) is 0 Å². The van der Waals surface area contributed by atoms with Crippen molar-refractivity contribution in [3.63, 3.8) is 0 Å². The van der Waals surface area contributed by atoms with E-state index in [1.165, 1.54) is 0 Å². The molecule has 1 aromatic carbocycles. The Kier molecular flexibility index (Phi) is 2.42. The van der Waals surface area contributed by atoms with Gasteiger partial charge in [0.15, 0.2) is 0 Å². The van der Waals surface area contributed by atoms with Gasteiger partial charge in [-0.05, 0) is 30.2 Å². The standard InChI is InChI=1S/C11H13FO2/c1-7-4-9-5-8(10(13)6-12)2-3-11(9)14-7/h2-3,5,7,10,13H,4,6H2,1H3. The van der Waals surface area contributed by atoms with Gasteiger partial charge in [-0.1, -0.05) is 6.07 Å². The maximum absolute atomic E-state index is 12.2. The van der Waals surface area contributed by atoms with Crippen LogP contribution in [0, 0.1) is 0 Å². The van der Waals surface area contributed by atoms with E-state index < -0.39 is 12.8 Å². The van der Waals surface area contributed by atoms with Crippen molar-refractivity contribution in [3.8, 4) is 5.75 Å². The molecule has 0 bridgehead atoms. The maximum Gasteiger partial charge on any atom is 0.123 e. The molecule has 1 aliphatic heterocycles. The van der Waals surface area contributed by atoms with Gasteiger partial charge in [0.2, 0.25) is 0 Å². The summed E-state index contributed by atoms with van der Waals surface area (Å²) in [6, 6.07) is 5.33. The third kappa shape index (κ3) is 1.60. The summed E-state index contributed by atoms with van der Waals surface area (Å²) in [5.41, 5.74) is 1.69. The van der Waals surface area contributed by atoms with Crippen molar-refractivity contribution in [1.82, 2.24) is 0 Å². The number of aliphatic hydroxyl groups excluding tert-OH is 1. The molecule has 0 fully saturated rings. The van der Waals surface area contributed by atoms with Gasteiger partial charge in [-0.2, -0.15) is 0 Å². The Morgan fingerprint density at radius 2 is 2.43 bits per heavy atom. The van der Waals surface area contributed by atoms with Crippen molar-refractivity contribution < 1.29 is 14.2 Å². The fourth-order valence-electron chi connectivity index (χ4n) is 1.74. The second-order valence-electron chi connectivity index (χ2n) is 3.67. The third-order valence-corrected chi connectivity index (χ3v) is 2.45. The van der Waals surface area contributed by atoms with E-state index in [2.05, 4.69) is 0 Å². The Bertz CT molecular complexity index is 338. The zero-order valence-corrected chi connectivity index (χ0v) is 8.03. The molecule has 14 heavy (non-hydrogen) atoms. The van der Waals surface area contributed by atoms with E-state index in [-0.39, 0.29) is 6.10 Å². The lowest BCUT2D eigenvalue weighted by atomic mass is 10.0. The SMILES string of the molecule is CC1Cc2cc(C(O)CF)ccc2O1. The summed E-state index contributed by atoms with van der Waals surface area (Å²) in [7, 11) is 0. The van der Waals surface area contributed by atoms with E-state index in [0.717, 1.165) is 17.7 Å². The first-order valence-electron chi connectivity index (χ1n) is 4.74. The smallest absolute Gasteiger partial charge is 0.123 e. The van der Waals surface area contributed by atoms with Crippen LogP contribution in [0.15, 0.2) is 18.2 Å². The van der Waals surface area contributed by atoms with Gasteiger partial charge < -0.3 is 9.84 Å². The summed E-state index contributed by atoms with van der Waals surface area (Å²) < 4.78 is 17.7. The fraction of sp³-hybridized carbons (Fsp3) is 0.455. The molecular formula is C11H13FO2. The van der Waals surface area contributed by atoms with Crippen LogP contribution in [0.2, 0.25) is 0 Å². The molecular weight excluding hydrogens is 183 g/mol. The largest absolute Gasteiger partial charge is 0.490 e. The quantitative estimate of drug-likeness (QED) is 0.784. The maximum atomic E-state index is 12.2. The predicted molar refractivity (Wildman–Crippen MR) is 51.2 cm³/mol. The van der Waals surface area contributed by atoms with Crippen LogP contribution in [0.3, 0.4) is 0 Å². The van der Waals surface area contributed by atoms with Crippen LogP contribution in [-0.4, -0.2) is 17.9 Å². The first kappa shape index (κ1) is 9.46. The van der Waals surface area contributed by atoms with E-state index in [1.54, 1.807) is 12.1 Å². The number of ether oxygens (including phenoxy) is 1. The van der Waals surface area contributed by atoms with E-state index in [4.69, 9.17) is 4.74 Å². The number of halogens is 1. The Balaban J connectivity index is 2.28. The summed E-state index contributed by atoms with van der Waals surface area (Å²) in [4.78, 5) is 0. The molecule has 0 aromatic heterocycles. The number of aliphatic hydroxyl groups is 1. The zero-order chi connectivity index (χ0) is 10.1. The van der Waals surface area contributed by atoms with Crippen LogP contribution in [0.5, 0.6) is 5.75 Å². The zero-order valence-electron chi connectivity index (χ0n) is 8.03. The van der Waals surface area contributed by atoms with Gasteiger partial charge >= 0.3 is 0 Å². The number of rotatable bonds is 2. The highest BCUT2D eigenvalue weighted by Crippen LogP contribution is 2.31. The number of hydrogen-bond acceptors (Lipinski definition) is 2. The lowest BCUT2D eigenvalue weighted by molar-refractivity contribution is 0.141. The lowest BCUT2D eigenvalue weighted by Crippen LogP contribution is -2.05. The van der Waals surface area contributed by atoms with Gasteiger partial charge in [0, 0.05) is 6.42 Å². The van der Waals surface area contributed by atoms with Crippen LogP contribution in [0.1, 0.15) is 24.2 Å². The number of benzene rings is 1. The molecule has 2 nitrogen and oxygen atoms in total. The lowest BCUT2D eigenvalue weighted by Gasteiger charge is -2.07. The summed E-state index contributed by atoms with van der Waals surface area (Å²) >= 11 is 0. The molecule has 0 spiro atoms. The van der Waals surface area contributed by atoms with Gasteiger partial charge in [0.1, 0.15) is 24.6 Å². The van der Waals surface area contributed by atoms with E-state index in [1.807, 2.05) is 13.0 Å². The summed E-state index contributed by atoms with van der Waals surface area (Å²) in [6.07, 6.45) is 0.0151. The minimum atomic E-state index is -1.00. The van der Waals surface area contributed by atoms with Crippen molar-refractivity contribution in [2.24, 2.45) is 0 Å².